The SMILES string of the molecule is C[C@@H](c1[c]cc[c-]1P(c1ccc(C(F)(F)F)cc1)c1ccc(C(F)(F)F)cc1)P(C(C)(C)C)C(C)(C)C.[C]1=C=C=C=[C-]1.[Fe+2]. The average molecular weight is 672 g/mol. The van der Waals surface area contributed by atoms with Crippen molar-refractivity contribution in [2.75, 3.05) is 0 Å². The van der Waals surface area contributed by atoms with Gasteiger partial charge in [0.2, 0.25) is 0 Å². The van der Waals surface area contributed by atoms with Gasteiger partial charge >= 0.3 is 29.4 Å². The first kappa shape index (κ1) is 37.0. The van der Waals surface area contributed by atoms with Crippen LogP contribution in [0.2, 0.25) is 0 Å². The molecule has 0 amide bonds. The fourth-order valence-electron chi connectivity index (χ4n) is 5.38. The fraction of sp³-hybridized carbons (Fsp3) is 0.353. The van der Waals surface area contributed by atoms with E-state index in [9.17, 15) is 26.3 Å². The summed E-state index contributed by atoms with van der Waals surface area (Å²) in [5.41, 5.74) is 7.09. The molecule has 0 N–H and O–H groups in total. The zero-order chi connectivity index (χ0) is 31.5. The van der Waals surface area contributed by atoms with Gasteiger partial charge in [0.25, 0.3) is 0 Å². The average Bonchev–Trinajstić information content (AvgIpc) is 3.58. The van der Waals surface area contributed by atoms with Crippen LogP contribution < -0.4 is 15.9 Å². The van der Waals surface area contributed by atoms with Gasteiger partial charge in [0.15, 0.2) is 0 Å². The monoisotopic (exact) mass is 672 g/mol. The number of rotatable bonds is 5. The Bertz CT molecular complexity index is 1390. The van der Waals surface area contributed by atoms with Crippen LogP contribution in [0.15, 0.2) is 77.9 Å². The van der Waals surface area contributed by atoms with Crippen LogP contribution in [0.1, 0.15) is 70.8 Å². The molecule has 0 unspecified atom stereocenters. The zero-order valence-electron chi connectivity index (χ0n) is 24.9. The van der Waals surface area contributed by atoms with Gasteiger partial charge in [-0.05, 0) is 50.8 Å². The quantitative estimate of drug-likeness (QED) is 0.0833. The molecule has 0 bridgehead atoms. The maximum absolute atomic E-state index is 13.3. The topological polar surface area (TPSA) is 0 Å². The first-order chi connectivity index (χ1) is 19.3. The number of allylic oxidation sites excluding steroid dienone is 2. The molecule has 3 aromatic carbocycles. The van der Waals surface area contributed by atoms with E-state index in [1.807, 2.05) is 12.1 Å². The van der Waals surface area contributed by atoms with Crippen molar-refractivity contribution in [2.24, 2.45) is 0 Å². The summed E-state index contributed by atoms with van der Waals surface area (Å²) in [6.45, 7) is 15.5. The maximum Gasteiger partial charge on any atom is 2.00 e. The van der Waals surface area contributed by atoms with Crippen molar-refractivity contribution in [3.8, 4) is 0 Å². The minimum atomic E-state index is -4.47. The molecule has 43 heavy (non-hydrogen) atoms. The molecule has 0 aromatic heterocycles. The third kappa shape index (κ3) is 9.66. The first-order valence-corrected chi connectivity index (χ1v) is 15.9. The van der Waals surface area contributed by atoms with Crippen LogP contribution in [0.5, 0.6) is 0 Å². The van der Waals surface area contributed by atoms with Crippen molar-refractivity contribution >= 4 is 31.8 Å². The molecule has 0 saturated carbocycles. The minimum absolute atomic E-state index is 0. The molecule has 0 spiro atoms. The van der Waals surface area contributed by atoms with E-state index >= 15 is 0 Å². The molecule has 0 heterocycles. The van der Waals surface area contributed by atoms with Gasteiger partial charge in [-0.1, -0.05) is 88.6 Å². The predicted molar refractivity (Wildman–Crippen MR) is 161 cm³/mol. The van der Waals surface area contributed by atoms with Crippen LogP contribution in [0.3, 0.4) is 0 Å². The van der Waals surface area contributed by atoms with Crippen LogP contribution in [-0.4, -0.2) is 10.3 Å². The number of alkyl halides is 6. The number of halogens is 6. The molecule has 2 radical (unpaired) electrons. The van der Waals surface area contributed by atoms with E-state index in [2.05, 4.69) is 83.9 Å². The Kier molecular flexibility index (Phi) is 12.3. The van der Waals surface area contributed by atoms with E-state index in [1.54, 1.807) is 0 Å². The Balaban J connectivity index is 0.000000973. The Labute approximate surface area is 264 Å². The summed E-state index contributed by atoms with van der Waals surface area (Å²) in [7, 11) is -2.00. The molecule has 1 aliphatic rings. The van der Waals surface area contributed by atoms with Crippen LogP contribution in [0, 0.1) is 18.2 Å². The molecular weight excluding hydrogens is 640 g/mol. The Hall–Kier alpha value is -2.17. The van der Waals surface area contributed by atoms with Gasteiger partial charge in [0.05, 0.1) is 11.1 Å². The van der Waals surface area contributed by atoms with Gasteiger partial charge < -0.3 is 0 Å². The molecule has 228 valence electrons. The van der Waals surface area contributed by atoms with Gasteiger partial charge in [0, 0.05) is 0 Å². The van der Waals surface area contributed by atoms with Gasteiger partial charge in [-0.2, -0.15) is 38.0 Å². The predicted octanol–water partition coefficient (Wildman–Crippen LogP) is 9.77. The van der Waals surface area contributed by atoms with E-state index in [0.29, 0.717) is 10.6 Å². The summed E-state index contributed by atoms with van der Waals surface area (Å²) in [5.74, 6) is 0. The number of hydrogen-bond acceptors (Lipinski definition) is 0. The Morgan fingerprint density at radius 2 is 1.16 bits per heavy atom. The van der Waals surface area contributed by atoms with Gasteiger partial charge in [0.1, 0.15) is 0 Å². The van der Waals surface area contributed by atoms with Crippen molar-refractivity contribution < 1.29 is 43.4 Å². The second-order valence-corrected chi connectivity index (χ2v) is 18.1. The largest absolute Gasteiger partial charge is 2.00 e. The molecule has 4 rings (SSSR count). The van der Waals surface area contributed by atoms with E-state index < -0.39 is 39.3 Å². The summed E-state index contributed by atoms with van der Waals surface area (Å²) >= 11 is 0. The molecule has 1 aliphatic carbocycles. The van der Waals surface area contributed by atoms with Crippen LogP contribution in [0.4, 0.5) is 26.3 Å². The summed E-state index contributed by atoms with van der Waals surface area (Å²) in [4.78, 5) is 0. The molecular formula is C34H32F6FeP2. The van der Waals surface area contributed by atoms with Crippen molar-refractivity contribution in [1.29, 1.82) is 0 Å². The van der Waals surface area contributed by atoms with Crippen LogP contribution in [0.25, 0.3) is 0 Å². The second kappa shape index (κ2) is 14.3. The van der Waals surface area contributed by atoms with Gasteiger partial charge in [-0.25, -0.2) is 17.9 Å². The summed E-state index contributed by atoms with van der Waals surface area (Å²) in [6.07, 6.45) is -3.95. The van der Waals surface area contributed by atoms with Crippen molar-refractivity contribution in [1.82, 2.24) is 0 Å². The summed E-state index contributed by atoms with van der Waals surface area (Å²) < 4.78 is 79.5. The van der Waals surface area contributed by atoms with E-state index in [1.165, 1.54) is 24.3 Å². The summed E-state index contributed by atoms with van der Waals surface area (Å²) in [5, 5.41) is 2.24. The smallest absolute Gasteiger partial charge is 0.288 e. The second-order valence-electron chi connectivity index (χ2n) is 11.7. The fourth-order valence-corrected chi connectivity index (χ4v) is 12.8. The zero-order valence-corrected chi connectivity index (χ0v) is 27.8. The Morgan fingerprint density at radius 1 is 0.721 bits per heavy atom. The third-order valence-corrected chi connectivity index (χ3v) is 12.9. The van der Waals surface area contributed by atoms with Crippen molar-refractivity contribution in [3.05, 3.63) is 113 Å². The molecule has 0 saturated heterocycles. The Morgan fingerprint density at radius 3 is 1.47 bits per heavy atom. The normalized spacial score (nSPS) is 13.7. The molecule has 1 atom stereocenters. The number of benzene rings is 2. The van der Waals surface area contributed by atoms with E-state index in [0.717, 1.165) is 35.1 Å². The van der Waals surface area contributed by atoms with Crippen LogP contribution >= 0.6 is 15.8 Å². The molecule has 0 aliphatic heterocycles. The molecule has 9 heteroatoms. The third-order valence-electron chi connectivity index (χ3n) is 6.47. The molecule has 3 aromatic rings. The first-order valence-electron chi connectivity index (χ1n) is 13.2. The van der Waals surface area contributed by atoms with Crippen molar-refractivity contribution in [2.45, 2.75) is 76.8 Å². The van der Waals surface area contributed by atoms with E-state index in [4.69, 9.17) is 0 Å². The van der Waals surface area contributed by atoms with Crippen molar-refractivity contribution in [3.63, 3.8) is 0 Å². The molecule has 0 fully saturated rings. The standard InChI is InChI=1S/C29H32F6P2.C5.Fe/c1-19(37(26(2,3)4)27(5,6)7)24-9-8-10-25(24)36(22-15-11-20(12-16-22)28(30,31)32)23-17-13-21(14-18-23)29(33,34)35;1-2-4-5-3-1;/h8,10-19H,1-7H3;;/q2*-1;+2/t19-;;/m0../s1. The van der Waals surface area contributed by atoms with Gasteiger partial charge in [-0.3, -0.25) is 11.5 Å². The van der Waals surface area contributed by atoms with Gasteiger partial charge in [-0.15, -0.1) is 17.5 Å². The summed E-state index contributed by atoms with van der Waals surface area (Å²) in [6, 6.07) is 17.1. The maximum atomic E-state index is 13.3. The number of hydrogen-bond donors (Lipinski definition) is 0. The van der Waals surface area contributed by atoms with Crippen LogP contribution in [-0.2, 0) is 29.4 Å². The molecule has 0 nitrogen and oxygen atoms in total. The minimum Gasteiger partial charge on any atom is -0.288 e. The van der Waals surface area contributed by atoms with E-state index in [-0.39, 0.29) is 33.0 Å².